The number of carbonyl (C=O) groups is 2. The molecule has 0 saturated heterocycles. The predicted octanol–water partition coefficient (Wildman–Crippen LogP) is 5.56. The Morgan fingerprint density at radius 1 is 1.00 bits per heavy atom. The van der Waals surface area contributed by atoms with Crippen molar-refractivity contribution >= 4 is 23.8 Å². The van der Waals surface area contributed by atoms with Crippen LogP contribution in [-0.2, 0) is 23.7 Å². The Balaban J connectivity index is 0. The number of alkyl halides is 3. The van der Waals surface area contributed by atoms with Gasteiger partial charge in [0.1, 0.15) is 11.3 Å². The highest BCUT2D eigenvalue weighted by Gasteiger charge is 2.51. The van der Waals surface area contributed by atoms with E-state index in [2.05, 4.69) is 37.1 Å². The first kappa shape index (κ1) is 34.0. The van der Waals surface area contributed by atoms with Gasteiger partial charge in [-0.2, -0.15) is 24.9 Å². The lowest BCUT2D eigenvalue weighted by Gasteiger charge is -2.31. The molecule has 0 aromatic carbocycles. The molecule has 0 aliphatic heterocycles. The number of halogens is 3. The number of nitrogens with one attached hydrogen (secondary N) is 1. The molecular formula is C22H42F3NO6S. The van der Waals surface area contributed by atoms with Gasteiger partial charge in [0.15, 0.2) is 5.92 Å². The average molecular weight is 506 g/mol. The van der Waals surface area contributed by atoms with Gasteiger partial charge in [-0.15, -0.1) is 0 Å². The fourth-order valence-electron chi connectivity index (χ4n) is 2.20. The van der Waals surface area contributed by atoms with Crippen molar-refractivity contribution in [3.63, 3.8) is 0 Å². The van der Waals surface area contributed by atoms with E-state index in [1.54, 1.807) is 20.8 Å². The topological polar surface area (TPSA) is 83.1 Å². The number of hydrogen-bond acceptors (Lipinski definition) is 7. The molecule has 7 nitrogen and oxygen atoms in total. The Kier molecular flexibility index (Phi) is 14.7. The lowest BCUT2D eigenvalue weighted by Crippen LogP contribution is -2.48. The molecule has 0 spiro atoms. The molecule has 0 aromatic rings. The number of esters is 1. The number of amides is 1. The van der Waals surface area contributed by atoms with Crippen LogP contribution in [0.3, 0.4) is 0 Å². The van der Waals surface area contributed by atoms with Crippen LogP contribution in [0.5, 0.6) is 0 Å². The molecule has 0 aromatic heterocycles. The smallest absolute Gasteiger partial charge is 0.409 e. The lowest BCUT2D eigenvalue weighted by atomic mass is 9.99. The molecule has 0 aliphatic carbocycles. The van der Waals surface area contributed by atoms with Crippen molar-refractivity contribution in [3.8, 4) is 0 Å². The van der Waals surface area contributed by atoms with Gasteiger partial charge in [0.05, 0.1) is 19.8 Å². The van der Waals surface area contributed by atoms with Gasteiger partial charge < -0.3 is 18.9 Å². The van der Waals surface area contributed by atoms with Gasteiger partial charge in [0.25, 0.3) is 0 Å². The highest BCUT2D eigenvalue weighted by atomic mass is 32.2. The molecule has 0 radical (unpaired) electrons. The first-order valence-electron chi connectivity index (χ1n) is 10.7. The van der Waals surface area contributed by atoms with Gasteiger partial charge in [-0.3, -0.25) is 10.1 Å². The zero-order chi connectivity index (χ0) is 26.7. The summed E-state index contributed by atoms with van der Waals surface area (Å²) in [5.74, 6) is -3.85. The molecule has 2 atom stereocenters. The molecule has 11 heteroatoms. The molecule has 0 fully saturated rings. The number of thioether (sulfide) groups is 1. The zero-order valence-electron chi connectivity index (χ0n) is 21.8. The SMILES string of the molecule is CCO[C@@H](CCOC(C)(C)NC(=O)OC(C)(C)C)[C@H](C(=O)OC)C(F)(F)F.CSC(C)(C)C. The first-order chi connectivity index (χ1) is 14.7. The first-order valence-corrected chi connectivity index (χ1v) is 11.9. The molecule has 1 amide bonds. The molecule has 1 N–H and O–H groups in total. The number of rotatable bonds is 9. The Hall–Kier alpha value is -1.20. The van der Waals surface area contributed by atoms with Crippen LogP contribution in [0.15, 0.2) is 0 Å². The van der Waals surface area contributed by atoms with E-state index < -0.39 is 41.6 Å². The van der Waals surface area contributed by atoms with Gasteiger partial charge in [-0.05, 0) is 54.2 Å². The van der Waals surface area contributed by atoms with Gasteiger partial charge in [-0.1, -0.05) is 20.8 Å². The summed E-state index contributed by atoms with van der Waals surface area (Å²) in [7, 11) is 0.883. The number of ether oxygens (including phenoxy) is 4. The normalized spacial score (nSPS) is 14.5. The van der Waals surface area contributed by atoms with Crippen LogP contribution >= 0.6 is 11.8 Å². The average Bonchev–Trinajstić information content (AvgIpc) is 2.58. The van der Waals surface area contributed by atoms with Crippen LogP contribution in [0.4, 0.5) is 18.0 Å². The van der Waals surface area contributed by atoms with E-state index in [0.29, 0.717) is 4.75 Å². The second-order valence-electron chi connectivity index (χ2n) is 9.63. The summed E-state index contributed by atoms with van der Waals surface area (Å²) in [4.78, 5) is 23.4. The molecule has 0 aliphatic rings. The van der Waals surface area contributed by atoms with Crippen LogP contribution in [-0.4, -0.2) is 67.0 Å². The van der Waals surface area contributed by atoms with Crippen LogP contribution in [0.2, 0.25) is 0 Å². The molecule has 0 unspecified atom stereocenters. The number of carbonyl (C=O) groups excluding carboxylic acids is 2. The largest absolute Gasteiger partial charge is 0.468 e. The van der Waals surface area contributed by atoms with Crippen LogP contribution in [0.25, 0.3) is 0 Å². The van der Waals surface area contributed by atoms with E-state index in [1.807, 2.05) is 11.8 Å². The van der Waals surface area contributed by atoms with Crippen molar-refractivity contribution in [2.45, 2.75) is 97.1 Å². The predicted molar refractivity (Wildman–Crippen MR) is 124 cm³/mol. The van der Waals surface area contributed by atoms with E-state index in [-0.39, 0.29) is 19.6 Å². The van der Waals surface area contributed by atoms with Crippen molar-refractivity contribution in [1.82, 2.24) is 5.32 Å². The third-order valence-corrected chi connectivity index (χ3v) is 5.06. The molecule has 0 heterocycles. The Labute approximate surface area is 200 Å². The van der Waals surface area contributed by atoms with Crippen molar-refractivity contribution < 1.29 is 41.7 Å². The third-order valence-electron chi connectivity index (χ3n) is 3.84. The fourth-order valence-corrected chi connectivity index (χ4v) is 2.20. The third kappa shape index (κ3) is 17.9. The summed E-state index contributed by atoms with van der Waals surface area (Å²) in [5.41, 5.74) is -1.90. The Morgan fingerprint density at radius 3 is 1.82 bits per heavy atom. The summed E-state index contributed by atoms with van der Waals surface area (Å²) >= 11 is 1.88. The van der Waals surface area contributed by atoms with E-state index in [4.69, 9.17) is 14.2 Å². The minimum Gasteiger partial charge on any atom is -0.468 e. The quantitative estimate of drug-likeness (QED) is 0.324. The Morgan fingerprint density at radius 2 is 1.48 bits per heavy atom. The molecule has 198 valence electrons. The van der Waals surface area contributed by atoms with E-state index in [0.717, 1.165) is 7.11 Å². The highest BCUT2D eigenvalue weighted by molar-refractivity contribution is 7.99. The number of hydrogen-bond donors (Lipinski definition) is 1. The summed E-state index contributed by atoms with van der Waals surface area (Å²) in [6.07, 6.45) is -5.12. The second kappa shape index (κ2) is 14.3. The van der Waals surface area contributed by atoms with E-state index >= 15 is 0 Å². The minimum absolute atomic E-state index is 0.0200. The standard InChI is InChI=1S/C17H30F3NO6.C5H12S/c1-8-25-11(12(13(22)24-7)17(18,19)20)9-10-26-16(5,6)21-14(23)27-15(2,3)4;1-5(2,3)6-4/h11-12H,8-10H2,1-7H3,(H,21,23);1-4H3/t11-,12+;/m0./s1. The number of alkyl carbamates (subject to hydrolysis) is 1. The highest BCUT2D eigenvalue weighted by Crippen LogP contribution is 2.33. The van der Waals surface area contributed by atoms with Gasteiger partial charge in [-0.25, -0.2) is 4.79 Å². The maximum Gasteiger partial charge on any atom is 0.409 e. The van der Waals surface area contributed by atoms with Crippen LogP contribution in [0, 0.1) is 5.92 Å². The maximum atomic E-state index is 13.2. The van der Waals surface area contributed by atoms with E-state index in [1.165, 1.54) is 20.8 Å². The van der Waals surface area contributed by atoms with Crippen molar-refractivity contribution in [2.75, 3.05) is 26.6 Å². The van der Waals surface area contributed by atoms with E-state index in [9.17, 15) is 22.8 Å². The lowest BCUT2D eigenvalue weighted by molar-refractivity contribution is -0.220. The monoisotopic (exact) mass is 505 g/mol. The maximum absolute atomic E-state index is 13.2. The fraction of sp³-hybridized carbons (Fsp3) is 0.909. The number of methoxy groups -OCH3 is 1. The molecule has 0 rings (SSSR count). The van der Waals surface area contributed by atoms with Crippen molar-refractivity contribution in [3.05, 3.63) is 0 Å². The molecule has 0 bridgehead atoms. The summed E-state index contributed by atoms with van der Waals surface area (Å²) in [6.45, 7) is 16.0. The molecule has 0 saturated carbocycles. The molecule has 33 heavy (non-hydrogen) atoms. The second-order valence-corrected chi connectivity index (χ2v) is 11.3. The van der Waals surface area contributed by atoms with Crippen molar-refractivity contribution in [2.24, 2.45) is 5.92 Å². The summed E-state index contributed by atoms with van der Waals surface area (Å²) in [6, 6.07) is 0. The Bertz CT molecular complexity index is 586. The molecular weight excluding hydrogens is 463 g/mol. The zero-order valence-corrected chi connectivity index (χ0v) is 22.6. The van der Waals surface area contributed by atoms with Gasteiger partial charge in [0.2, 0.25) is 0 Å². The van der Waals surface area contributed by atoms with Gasteiger partial charge >= 0.3 is 18.2 Å². The van der Waals surface area contributed by atoms with Gasteiger partial charge in [0, 0.05) is 11.4 Å². The van der Waals surface area contributed by atoms with Crippen LogP contribution < -0.4 is 5.32 Å². The van der Waals surface area contributed by atoms with Crippen LogP contribution in [0.1, 0.15) is 68.7 Å². The summed E-state index contributed by atoms with van der Waals surface area (Å²) in [5, 5.41) is 2.47. The van der Waals surface area contributed by atoms with Crippen molar-refractivity contribution in [1.29, 1.82) is 0 Å². The summed E-state index contributed by atoms with van der Waals surface area (Å²) < 4.78 is 60.1. The minimum atomic E-state index is -4.82.